The Kier molecular flexibility index (Phi) is 4.19. The van der Waals surface area contributed by atoms with E-state index in [-0.39, 0.29) is 17.5 Å². The fraction of sp³-hybridized carbons (Fsp3) is 0.222. The van der Waals surface area contributed by atoms with Crippen molar-refractivity contribution in [3.63, 3.8) is 0 Å². The number of rotatable bonds is 2. The molecule has 0 saturated carbocycles. The lowest BCUT2D eigenvalue weighted by Gasteiger charge is -2.39. The van der Waals surface area contributed by atoms with Crippen molar-refractivity contribution in [2.45, 2.75) is 13.3 Å². The van der Waals surface area contributed by atoms with Gasteiger partial charge in [0.2, 0.25) is 5.91 Å². The zero-order chi connectivity index (χ0) is 19.1. The molecule has 0 saturated heterocycles. The van der Waals surface area contributed by atoms with Crippen LogP contribution in [0.5, 0.6) is 0 Å². The predicted octanol–water partition coefficient (Wildman–Crippen LogP) is 2.39. The van der Waals surface area contributed by atoms with E-state index in [1.54, 1.807) is 29.3 Å². The van der Waals surface area contributed by atoms with Gasteiger partial charge in [-0.2, -0.15) is 5.10 Å². The lowest BCUT2D eigenvalue weighted by atomic mass is 10.0. The van der Waals surface area contributed by atoms with Crippen LogP contribution in [-0.4, -0.2) is 45.0 Å². The summed E-state index contributed by atoms with van der Waals surface area (Å²) in [6.45, 7) is 1.97. The second-order valence-electron chi connectivity index (χ2n) is 6.30. The quantitative estimate of drug-likeness (QED) is 0.733. The number of anilines is 2. The summed E-state index contributed by atoms with van der Waals surface area (Å²) in [5.74, 6) is -0.411. The molecule has 3 aromatic rings. The van der Waals surface area contributed by atoms with E-state index < -0.39 is 0 Å². The molecule has 1 N–H and O–H groups in total. The Labute approximate surface area is 160 Å². The number of nitrogens with one attached hydrogen (secondary N) is 1. The van der Waals surface area contributed by atoms with Gasteiger partial charge in [0.15, 0.2) is 11.3 Å². The largest absolute Gasteiger partial charge is 0.324 e. The van der Waals surface area contributed by atoms with Gasteiger partial charge < -0.3 is 5.32 Å². The van der Waals surface area contributed by atoms with Crippen molar-refractivity contribution in [2.24, 2.45) is 0 Å². The second-order valence-corrected chi connectivity index (χ2v) is 6.74. The Morgan fingerprint density at radius 1 is 1.30 bits per heavy atom. The fourth-order valence-corrected chi connectivity index (χ4v) is 3.43. The third-order valence-corrected chi connectivity index (χ3v) is 4.64. The third kappa shape index (κ3) is 3.08. The van der Waals surface area contributed by atoms with Crippen LogP contribution in [0.2, 0.25) is 5.02 Å². The molecule has 1 aliphatic rings. The number of fused-ring (bicyclic) bond motifs is 2. The number of para-hydroxylation sites is 1. The molecule has 0 bridgehead atoms. The first kappa shape index (κ1) is 17.3. The Balaban J connectivity index is 1.69. The summed E-state index contributed by atoms with van der Waals surface area (Å²) in [5.41, 5.74) is 3.36. The summed E-state index contributed by atoms with van der Waals surface area (Å²) in [6, 6.07) is 7.34. The number of benzene rings is 1. The molecule has 0 spiro atoms. The minimum atomic E-state index is -0.248. The van der Waals surface area contributed by atoms with E-state index in [0.717, 1.165) is 11.3 Å². The van der Waals surface area contributed by atoms with Crippen LogP contribution in [-0.2, 0) is 11.2 Å². The number of nitrogens with zero attached hydrogens (tertiary/aromatic N) is 5. The lowest BCUT2D eigenvalue weighted by Crippen LogP contribution is -2.49. The minimum absolute atomic E-state index is 0.163. The molecular weight excluding hydrogens is 368 g/mol. The van der Waals surface area contributed by atoms with E-state index in [1.165, 1.54) is 17.6 Å². The van der Waals surface area contributed by atoms with Gasteiger partial charge in [0, 0.05) is 32.8 Å². The maximum atomic E-state index is 13.1. The van der Waals surface area contributed by atoms with Crippen LogP contribution in [0, 0.1) is 0 Å². The van der Waals surface area contributed by atoms with Gasteiger partial charge in [0.05, 0.1) is 22.6 Å². The Hall–Kier alpha value is -3.13. The molecule has 0 fully saturated rings. The summed E-state index contributed by atoms with van der Waals surface area (Å²) in [7, 11) is 1.80. The molecule has 1 aliphatic heterocycles. The number of hydrogen-bond donors (Lipinski definition) is 1. The van der Waals surface area contributed by atoms with Gasteiger partial charge >= 0.3 is 0 Å². The molecule has 1 aromatic carbocycles. The summed E-state index contributed by atoms with van der Waals surface area (Å²) < 4.78 is 1.48. The molecule has 2 aromatic heterocycles. The molecule has 0 radical (unpaired) electrons. The highest BCUT2D eigenvalue weighted by atomic mass is 35.5. The molecule has 0 atom stereocenters. The smallest absolute Gasteiger partial charge is 0.292 e. The van der Waals surface area contributed by atoms with Gasteiger partial charge in [-0.1, -0.05) is 23.7 Å². The first-order valence-corrected chi connectivity index (χ1v) is 8.78. The average molecular weight is 385 g/mol. The molecule has 138 valence electrons. The van der Waals surface area contributed by atoms with Gasteiger partial charge in [-0.3, -0.25) is 14.6 Å². The molecule has 8 nitrogen and oxygen atoms in total. The van der Waals surface area contributed by atoms with Crippen molar-refractivity contribution in [1.29, 1.82) is 0 Å². The number of aromatic nitrogens is 3. The highest BCUT2D eigenvalue weighted by Gasteiger charge is 2.30. The van der Waals surface area contributed by atoms with Gasteiger partial charge in [0.1, 0.15) is 0 Å². The van der Waals surface area contributed by atoms with Crippen molar-refractivity contribution in [3.8, 4) is 0 Å². The number of amides is 2. The Bertz CT molecular complexity index is 1060. The molecule has 3 heterocycles. The zero-order valence-electron chi connectivity index (χ0n) is 14.8. The first-order chi connectivity index (χ1) is 12.9. The van der Waals surface area contributed by atoms with Crippen molar-refractivity contribution < 1.29 is 9.59 Å². The standard InChI is InChI=1S/C18H17ClN6O2/c1-11(26)21-14-5-3-4-12-6-7-25(23(2)17(12)14)18(27)15-8-16-20-9-13(19)10-24(16)22-15/h3-5,8-10H,6-7H2,1-2H3,(H,21,26). The van der Waals surface area contributed by atoms with Crippen LogP contribution in [0.15, 0.2) is 36.7 Å². The molecular formula is C18H17ClN6O2. The molecule has 0 aliphatic carbocycles. The highest BCUT2D eigenvalue weighted by molar-refractivity contribution is 6.30. The van der Waals surface area contributed by atoms with Gasteiger partial charge in [-0.05, 0) is 18.1 Å². The zero-order valence-corrected chi connectivity index (χ0v) is 15.6. The first-order valence-electron chi connectivity index (χ1n) is 8.40. The predicted molar refractivity (Wildman–Crippen MR) is 102 cm³/mol. The van der Waals surface area contributed by atoms with Crippen LogP contribution in [0.3, 0.4) is 0 Å². The second kappa shape index (κ2) is 6.55. The van der Waals surface area contributed by atoms with Crippen LogP contribution in [0.25, 0.3) is 5.65 Å². The van der Waals surface area contributed by atoms with E-state index in [2.05, 4.69) is 15.4 Å². The molecule has 9 heteroatoms. The number of halogens is 1. The topological polar surface area (TPSA) is 82.8 Å². The number of hydrogen-bond acceptors (Lipinski definition) is 5. The minimum Gasteiger partial charge on any atom is -0.324 e. The van der Waals surface area contributed by atoms with E-state index in [4.69, 9.17) is 11.6 Å². The number of carbonyl (C=O) groups is 2. The van der Waals surface area contributed by atoms with E-state index in [0.29, 0.717) is 29.3 Å². The number of hydrazine groups is 1. The average Bonchev–Trinajstić information content (AvgIpc) is 3.04. The summed E-state index contributed by atoms with van der Waals surface area (Å²) in [4.78, 5) is 28.8. The molecule has 2 amide bonds. The highest BCUT2D eigenvalue weighted by Crippen LogP contribution is 2.34. The van der Waals surface area contributed by atoms with Gasteiger partial charge in [-0.15, -0.1) is 0 Å². The fourth-order valence-electron chi connectivity index (χ4n) is 3.29. The Morgan fingerprint density at radius 3 is 2.89 bits per heavy atom. The van der Waals surface area contributed by atoms with E-state index in [1.807, 2.05) is 18.2 Å². The van der Waals surface area contributed by atoms with Crippen molar-refractivity contribution in [1.82, 2.24) is 19.6 Å². The maximum Gasteiger partial charge on any atom is 0.292 e. The SMILES string of the molecule is CC(=O)Nc1cccc2c1N(C)N(C(=O)c1cc3ncc(Cl)cn3n1)CC2. The third-order valence-electron chi connectivity index (χ3n) is 4.44. The summed E-state index contributed by atoms with van der Waals surface area (Å²) in [5, 5.41) is 10.9. The lowest BCUT2D eigenvalue weighted by molar-refractivity contribution is -0.114. The molecule has 4 rings (SSSR count). The monoisotopic (exact) mass is 384 g/mol. The van der Waals surface area contributed by atoms with Crippen LogP contribution in [0.4, 0.5) is 11.4 Å². The van der Waals surface area contributed by atoms with E-state index >= 15 is 0 Å². The van der Waals surface area contributed by atoms with Gasteiger partial charge in [-0.25, -0.2) is 14.5 Å². The van der Waals surface area contributed by atoms with E-state index in [9.17, 15) is 9.59 Å². The van der Waals surface area contributed by atoms with Crippen molar-refractivity contribution in [3.05, 3.63) is 52.9 Å². The summed E-state index contributed by atoms with van der Waals surface area (Å²) in [6.07, 6.45) is 3.79. The maximum absolute atomic E-state index is 13.1. The molecule has 27 heavy (non-hydrogen) atoms. The van der Waals surface area contributed by atoms with Crippen LogP contribution >= 0.6 is 11.6 Å². The Morgan fingerprint density at radius 2 is 2.11 bits per heavy atom. The van der Waals surface area contributed by atoms with Crippen molar-refractivity contribution >= 4 is 40.4 Å². The summed E-state index contributed by atoms with van der Waals surface area (Å²) >= 11 is 5.93. The van der Waals surface area contributed by atoms with Crippen molar-refractivity contribution in [2.75, 3.05) is 23.9 Å². The van der Waals surface area contributed by atoms with Crippen LogP contribution in [0.1, 0.15) is 23.0 Å². The normalized spacial score (nSPS) is 13.6. The van der Waals surface area contributed by atoms with Gasteiger partial charge in [0.25, 0.3) is 5.91 Å². The molecule has 0 unspecified atom stereocenters. The number of carbonyl (C=O) groups excluding carboxylic acids is 2. The van der Waals surface area contributed by atoms with Crippen LogP contribution < -0.4 is 10.3 Å².